The van der Waals surface area contributed by atoms with E-state index in [0.717, 1.165) is 0 Å². The molecule has 0 atom stereocenters. The van der Waals surface area contributed by atoms with Crippen molar-refractivity contribution in [2.75, 3.05) is 0 Å². The zero-order chi connectivity index (χ0) is 0. The molecule has 1 radical (unpaired) electrons. The summed E-state index contributed by atoms with van der Waals surface area (Å²) < 4.78 is 0. The first-order valence-electron chi connectivity index (χ1n) is 0. The van der Waals surface area contributed by atoms with Crippen LogP contribution in [-0.2, 0) is 59.9 Å². The van der Waals surface area contributed by atoms with Crippen molar-refractivity contribution in [3.8, 4) is 0 Å². The predicted molar refractivity (Wildman–Crippen MR) is 8.54 cm³/mol. The minimum absolute atomic E-state index is 0. The molecule has 0 N–H and O–H groups in total. The first-order chi connectivity index (χ1) is 0. The molecule has 0 aliphatic heterocycles. The van der Waals surface area contributed by atoms with E-state index in [1.165, 1.54) is 0 Å². The van der Waals surface area contributed by atoms with E-state index in [1.807, 2.05) is 0 Å². The molecule has 0 saturated heterocycles. The second-order valence-electron chi connectivity index (χ2n) is 0. The van der Waals surface area contributed by atoms with Crippen molar-refractivity contribution in [2.24, 2.45) is 0 Å². The van der Waals surface area contributed by atoms with Crippen LogP contribution in [0.5, 0.6) is 0 Å². The molecule has 0 fully saturated rings. The molecule has 0 amide bonds. The summed E-state index contributed by atoms with van der Waals surface area (Å²) in [5, 5.41) is 0. The van der Waals surface area contributed by atoms with Crippen molar-refractivity contribution < 1.29 is 59.9 Å². The first-order valence-corrected chi connectivity index (χ1v) is 0. The normalized spacial score (nSPS) is 0. The molecular formula is H2MgNbNiW. The molecule has 0 spiro atoms. The van der Waals surface area contributed by atoms with Gasteiger partial charge < -0.3 is 0 Å². The standard InChI is InChI=1S/Mg.Nb.Ni.W.2H. The van der Waals surface area contributed by atoms with Crippen LogP contribution in [0.3, 0.4) is 0 Å². The molecule has 0 unspecified atom stereocenters. The Morgan fingerprint density at radius 2 is 1.00 bits per heavy atom. The topological polar surface area (TPSA) is 0 Å². The van der Waals surface area contributed by atoms with Crippen molar-refractivity contribution in [1.82, 2.24) is 0 Å². The van der Waals surface area contributed by atoms with Crippen molar-refractivity contribution in [1.29, 1.82) is 0 Å². The minimum Gasteiger partial charge on any atom is 0 e. The van der Waals surface area contributed by atoms with Crippen LogP contribution in [0.25, 0.3) is 0 Å². The van der Waals surface area contributed by atoms with Gasteiger partial charge in [-0.3, -0.25) is 0 Å². The second kappa shape index (κ2) is 17.3. The Kier molecular flexibility index (Phi) is 130. The summed E-state index contributed by atoms with van der Waals surface area (Å²) in [6.45, 7) is 0. The largest absolute Gasteiger partial charge is 0.316 e. The van der Waals surface area contributed by atoms with Crippen LogP contribution in [-0.4, -0.2) is 23.1 Å². The summed E-state index contributed by atoms with van der Waals surface area (Å²) in [4.78, 5) is 0. The molecule has 0 aliphatic rings. The fourth-order valence-electron chi connectivity index (χ4n) is 0. The molecule has 4 heavy (non-hydrogen) atoms. The van der Waals surface area contributed by atoms with Crippen LogP contribution in [0.4, 0.5) is 0 Å². The monoisotopic (exact) mass is 361 g/mol. The van der Waals surface area contributed by atoms with Crippen LogP contribution in [0.1, 0.15) is 0 Å². The maximum absolute atomic E-state index is 0. The fraction of sp³-hybridized carbons (Fsp3) is 0. The summed E-state index contributed by atoms with van der Waals surface area (Å²) in [6.07, 6.45) is 0. The third-order valence-electron chi connectivity index (χ3n) is 0. The van der Waals surface area contributed by atoms with Gasteiger partial charge in [-0.25, -0.2) is 0 Å². The van der Waals surface area contributed by atoms with Crippen LogP contribution < -0.4 is 0 Å². The Hall–Kier alpha value is 2.69. The zero-order valence-corrected chi connectivity index (χ0v) is 7.29. The van der Waals surface area contributed by atoms with E-state index in [0.29, 0.717) is 0 Å². The Morgan fingerprint density at radius 1 is 1.00 bits per heavy atom. The molecule has 25 valence electrons. The zero-order valence-electron chi connectivity index (χ0n) is 1.17. The van der Waals surface area contributed by atoms with Gasteiger partial charge in [0.05, 0.1) is 0 Å². The third-order valence-corrected chi connectivity index (χ3v) is 0. The average molecular weight is 362 g/mol. The van der Waals surface area contributed by atoms with Crippen molar-refractivity contribution in [2.45, 2.75) is 0 Å². The Balaban J connectivity index is 0. The molecule has 4 heteroatoms. The van der Waals surface area contributed by atoms with E-state index in [2.05, 4.69) is 0 Å². The molecular weight excluding hydrogens is 360 g/mol. The van der Waals surface area contributed by atoms with Crippen molar-refractivity contribution in [3.05, 3.63) is 0 Å². The van der Waals surface area contributed by atoms with Gasteiger partial charge in [-0.1, -0.05) is 0 Å². The maximum Gasteiger partial charge on any atom is 0.316 e. The molecule has 0 saturated carbocycles. The molecule has 0 nitrogen and oxygen atoms in total. The Labute approximate surface area is 81.7 Å². The minimum atomic E-state index is 0. The molecule has 0 bridgehead atoms. The smallest absolute Gasteiger partial charge is 0 e. The van der Waals surface area contributed by atoms with Gasteiger partial charge in [-0.15, -0.1) is 0 Å². The summed E-state index contributed by atoms with van der Waals surface area (Å²) in [7, 11) is 0. The quantitative estimate of drug-likeness (QED) is 0.490. The van der Waals surface area contributed by atoms with Gasteiger partial charge in [0.25, 0.3) is 0 Å². The molecule has 0 heterocycles. The summed E-state index contributed by atoms with van der Waals surface area (Å²) >= 11 is 0. The molecule has 0 aromatic heterocycles. The van der Waals surface area contributed by atoms with E-state index in [4.69, 9.17) is 0 Å². The van der Waals surface area contributed by atoms with Crippen molar-refractivity contribution in [3.63, 3.8) is 0 Å². The van der Waals surface area contributed by atoms with Gasteiger partial charge in [-0.2, -0.15) is 0 Å². The van der Waals surface area contributed by atoms with E-state index >= 15 is 0 Å². The Bertz CT molecular complexity index is 8.00. The van der Waals surface area contributed by atoms with Gasteiger partial charge in [0.2, 0.25) is 0 Å². The summed E-state index contributed by atoms with van der Waals surface area (Å²) in [5.41, 5.74) is 0. The fourth-order valence-corrected chi connectivity index (χ4v) is 0. The van der Waals surface area contributed by atoms with Crippen LogP contribution in [0, 0.1) is 0 Å². The number of hydrogen-bond acceptors (Lipinski definition) is 0. The van der Waals surface area contributed by atoms with E-state index < -0.39 is 0 Å². The number of hydrogen-bond donors (Lipinski definition) is 0. The van der Waals surface area contributed by atoms with E-state index in [1.54, 1.807) is 0 Å². The van der Waals surface area contributed by atoms with Gasteiger partial charge in [-0.05, 0) is 0 Å². The summed E-state index contributed by atoms with van der Waals surface area (Å²) in [5.74, 6) is 0. The molecule has 0 aromatic rings. The van der Waals surface area contributed by atoms with Crippen LogP contribution >= 0.6 is 0 Å². The summed E-state index contributed by atoms with van der Waals surface area (Å²) in [6, 6.07) is 0. The van der Waals surface area contributed by atoms with Gasteiger partial charge >= 0.3 is 23.1 Å². The third kappa shape index (κ3) is 8.82. The van der Waals surface area contributed by atoms with Gasteiger partial charge in [0.15, 0.2) is 0 Å². The maximum atomic E-state index is 0. The SMILES string of the molecule is [MgH2].[Nb].[Ni].[W]. The van der Waals surface area contributed by atoms with Crippen LogP contribution in [0.15, 0.2) is 0 Å². The second-order valence-corrected chi connectivity index (χ2v) is 0. The predicted octanol–water partition coefficient (Wildman–Crippen LogP) is -0.924. The van der Waals surface area contributed by atoms with Crippen molar-refractivity contribution >= 4 is 23.1 Å². The van der Waals surface area contributed by atoms with Gasteiger partial charge in [0.1, 0.15) is 0 Å². The van der Waals surface area contributed by atoms with Crippen LogP contribution in [0.2, 0.25) is 0 Å². The molecule has 0 aromatic carbocycles. The average Bonchev–Trinajstić information content (AvgIpc) is 0. The van der Waals surface area contributed by atoms with Gasteiger partial charge in [0, 0.05) is 59.9 Å². The first kappa shape index (κ1) is 29.9. The Morgan fingerprint density at radius 3 is 1.00 bits per heavy atom. The molecule has 0 aliphatic carbocycles. The van der Waals surface area contributed by atoms with E-state index in [9.17, 15) is 0 Å². The van der Waals surface area contributed by atoms with E-state index in [-0.39, 0.29) is 83.0 Å². The molecule has 0 rings (SSSR count). The number of rotatable bonds is 0.